The zero-order valence-corrected chi connectivity index (χ0v) is 10.1. The summed E-state index contributed by atoms with van der Waals surface area (Å²) in [6, 6.07) is 5.99. The van der Waals surface area contributed by atoms with Crippen molar-refractivity contribution in [1.82, 2.24) is 4.90 Å². The van der Waals surface area contributed by atoms with Crippen LogP contribution in [0.25, 0.3) is 0 Å². The maximum atomic E-state index is 11.5. The fourth-order valence-corrected chi connectivity index (χ4v) is 2.66. The normalized spacial score (nSPS) is 9.60. The van der Waals surface area contributed by atoms with Crippen molar-refractivity contribution in [2.45, 2.75) is 10.6 Å². The quantitative estimate of drug-likeness (QED) is 0.741. The average molecular weight is 240 g/mol. The molecule has 0 N–H and O–H groups in total. The molecule has 0 saturated carbocycles. The number of rotatable bonds is 5. The van der Waals surface area contributed by atoms with Crippen LogP contribution in [0, 0.1) is 11.3 Å². The number of amides is 1. The Morgan fingerprint density at radius 2 is 2.53 bits per heavy atom. The summed E-state index contributed by atoms with van der Waals surface area (Å²) >= 11 is 3.18. The monoisotopic (exact) mass is 240 g/mol. The lowest BCUT2D eigenvalue weighted by molar-refractivity contribution is -0.127. The zero-order chi connectivity index (χ0) is 11.1. The molecule has 0 atom stereocenters. The van der Waals surface area contributed by atoms with Crippen molar-refractivity contribution in [2.75, 3.05) is 19.3 Å². The van der Waals surface area contributed by atoms with Crippen molar-refractivity contribution in [3.8, 4) is 6.07 Å². The van der Waals surface area contributed by atoms with E-state index in [1.165, 1.54) is 0 Å². The van der Waals surface area contributed by atoms with E-state index < -0.39 is 0 Å². The molecule has 0 aliphatic carbocycles. The van der Waals surface area contributed by atoms with Crippen LogP contribution >= 0.6 is 23.1 Å². The Hall–Kier alpha value is -0.990. The SMILES string of the molecule is CN(CCC#N)C(=O)CSc1cccs1. The molecule has 1 aromatic rings. The van der Waals surface area contributed by atoms with E-state index in [0.29, 0.717) is 18.7 Å². The molecule has 0 saturated heterocycles. The topological polar surface area (TPSA) is 44.1 Å². The summed E-state index contributed by atoms with van der Waals surface area (Å²) in [5.74, 6) is 0.520. The molecule has 3 nitrogen and oxygen atoms in total. The molecule has 0 bridgehead atoms. The van der Waals surface area contributed by atoms with E-state index in [0.717, 1.165) is 4.21 Å². The summed E-state index contributed by atoms with van der Waals surface area (Å²) in [7, 11) is 1.73. The summed E-state index contributed by atoms with van der Waals surface area (Å²) in [5, 5.41) is 10.4. The van der Waals surface area contributed by atoms with Crippen LogP contribution in [-0.2, 0) is 4.79 Å². The minimum Gasteiger partial charge on any atom is -0.344 e. The van der Waals surface area contributed by atoms with Gasteiger partial charge in [0.1, 0.15) is 0 Å². The van der Waals surface area contributed by atoms with Crippen LogP contribution in [0.3, 0.4) is 0 Å². The predicted molar refractivity (Wildman–Crippen MR) is 62.9 cm³/mol. The van der Waals surface area contributed by atoms with Crippen molar-refractivity contribution in [1.29, 1.82) is 5.26 Å². The Balaban J connectivity index is 2.27. The number of hydrogen-bond acceptors (Lipinski definition) is 4. The van der Waals surface area contributed by atoms with E-state index in [9.17, 15) is 4.79 Å². The number of nitriles is 1. The fraction of sp³-hybridized carbons (Fsp3) is 0.400. The molecule has 1 aromatic heterocycles. The molecule has 80 valence electrons. The maximum Gasteiger partial charge on any atom is 0.232 e. The molecule has 0 radical (unpaired) electrons. The van der Waals surface area contributed by atoms with Gasteiger partial charge in [-0.15, -0.1) is 23.1 Å². The van der Waals surface area contributed by atoms with Crippen LogP contribution in [0.2, 0.25) is 0 Å². The van der Waals surface area contributed by atoms with Gasteiger partial charge in [0.25, 0.3) is 0 Å². The first kappa shape index (κ1) is 12.1. The summed E-state index contributed by atoms with van der Waals surface area (Å²) in [4.78, 5) is 13.1. The summed E-state index contributed by atoms with van der Waals surface area (Å²) in [5.41, 5.74) is 0. The highest BCUT2D eigenvalue weighted by Crippen LogP contribution is 2.23. The largest absolute Gasteiger partial charge is 0.344 e. The maximum absolute atomic E-state index is 11.5. The van der Waals surface area contributed by atoms with E-state index in [4.69, 9.17) is 5.26 Å². The van der Waals surface area contributed by atoms with Gasteiger partial charge in [0.2, 0.25) is 5.91 Å². The highest BCUT2D eigenvalue weighted by atomic mass is 32.2. The molecular weight excluding hydrogens is 228 g/mol. The van der Waals surface area contributed by atoms with E-state index >= 15 is 0 Å². The van der Waals surface area contributed by atoms with Gasteiger partial charge in [-0.2, -0.15) is 5.26 Å². The van der Waals surface area contributed by atoms with Crippen LogP contribution < -0.4 is 0 Å². The predicted octanol–water partition coefficient (Wildman–Crippen LogP) is 2.21. The lowest BCUT2D eigenvalue weighted by Crippen LogP contribution is -2.28. The van der Waals surface area contributed by atoms with Gasteiger partial charge in [-0.25, -0.2) is 0 Å². The average Bonchev–Trinajstić information content (AvgIpc) is 2.75. The lowest BCUT2D eigenvalue weighted by Gasteiger charge is -2.14. The van der Waals surface area contributed by atoms with Crippen molar-refractivity contribution in [3.05, 3.63) is 17.5 Å². The third-order valence-corrected chi connectivity index (χ3v) is 3.93. The molecule has 0 aliphatic rings. The number of hydrogen-bond donors (Lipinski definition) is 0. The molecule has 1 amide bonds. The molecule has 0 unspecified atom stereocenters. The summed E-state index contributed by atoms with van der Waals surface area (Å²) < 4.78 is 1.15. The van der Waals surface area contributed by atoms with Gasteiger partial charge < -0.3 is 4.90 Å². The van der Waals surface area contributed by atoms with Gasteiger partial charge >= 0.3 is 0 Å². The molecule has 1 heterocycles. The lowest BCUT2D eigenvalue weighted by atomic mass is 10.4. The number of thioether (sulfide) groups is 1. The Labute approximate surface area is 97.7 Å². The van der Waals surface area contributed by atoms with Crippen LogP contribution in [0.15, 0.2) is 21.7 Å². The van der Waals surface area contributed by atoms with Crippen LogP contribution in [0.1, 0.15) is 6.42 Å². The molecular formula is C10H12N2OS2. The standard InChI is InChI=1S/C10H12N2OS2/c1-12(6-3-5-11)9(13)8-15-10-4-2-7-14-10/h2,4,7H,3,6,8H2,1H3. The van der Waals surface area contributed by atoms with Crippen molar-refractivity contribution < 1.29 is 4.79 Å². The number of carbonyl (C=O) groups excluding carboxylic acids is 1. The van der Waals surface area contributed by atoms with E-state index in [1.54, 1.807) is 35.0 Å². The van der Waals surface area contributed by atoms with Gasteiger partial charge in [-0.1, -0.05) is 6.07 Å². The Bertz CT molecular complexity index is 343. The van der Waals surface area contributed by atoms with Crippen molar-refractivity contribution in [3.63, 3.8) is 0 Å². The molecule has 15 heavy (non-hydrogen) atoms. The molecule has 0 aliphatic heterocycles. The highest BCUT2D eigenvalue weighted by Gasteiger charge is 2.08. The molecule has 0 spiro atoms. The first-order valence-electron chi connectivity index (χ1n) is 4.51. The zero-order valence-electron chi connectivity index (χ0n) is 8.47. The second-order valence-corrected chi connectivity index (χ2v) is 5.17. The van der Waals surface area contributed by atoms with Crippen molar-refractivity contribution >= 4 is 29.0 Å². The smallest absolute Gasteiger partial charge is 0.232 e. The second kappa shape index (κ2) is 6.49. The molecule has 5 heteroatoms. The van der Waals surface area contributed by atoms with Gasteiger partial charge in [-0.3, -0.25) is 4.79 Å². The van der Waals surface area contributed by atoms with E-state index in [1.807, 2.05) is 23.6 Å². The van der Waals surface area contributed by atoms with E-state index in [2.05, 4.69) is 0 Å². The van der Waals surface area contributed by atoms with E-state index in [-0.39, 0.29) is 5.91 Å². The van der Waals surface area contributed by atoms with Gasteiger partial charge in [0.15, 0.2) is 0 Å². The number of carbonyl (C=O) groups is 1. The van der Waals surface area contributed by atoms with Gasteiger partial charge in [0, 0.05) is 13.6 Å². The Morgan fingerprint density at radius 3 is 3.13 bits per heavy atom. The summed E-state index contributed by atoms with van der Waals surface area (Å²) in [6.45, 7) is 0.514. The van der Waals surface area contributed by atoms with Crippen molar-refractivity contribution in [2.24, 2.45) is 0 Å². The Morgan fingerprint density at radius 1 is 1.73 bits per heavy atom. The minimum atomic E-state index is 0.0728. The first-order valence-corrected chi connectivity index (χ1v) is 6.38. The molecule has 1 rings (SSSR count). The molecule has 0 fully saturated rings. The minimum absolute atomic E-state index is 0.0728. The van der Waals surface area contributed by atoms with Gasteiger partial charge in [0.05, 0.1) is 22.5 Å². The third-order valence-electron chi connectivity index (χ3n) is 1.82. The Kier molecular flexibility index (Phi) is 5.22. The second-order valence-electron chi connectivity index (χ2n) is 2.94. The highest BCUT2D eigenvalue weighted by molar-refractivity contribution is 8.01. The van der Waals surface area contributed by atoms with Crippen LogP contribution in [0.4, 0.5) is 0 Å². The summed E-state index contributed by atoms with van der Waals surface area (Å²) in [6.07, 6.45) is 0.395. The van der Waals surface area contributed by atoms with Crippen LogP contribution in [-0.4, -0.2) is 30.2 Å². The van der Waals surface area contributed by atoms with Crippen LogP contribution in [0.5, 0.6) is 0 Å². The third kappa shape index (κ3) is 4.36. The number of thiophene rings is 1. The first-order chi connectivity index (χ1) is 7.24. The molecule has 0 aromatic carbocycles. The number of nitrogens with zero attached hydrogens (tertiary/aromatic N) is 2. The fourth-order valence-electron chi connectivity index (χ4n) is 0.931. The van der Waals surface area contributed by atoms with Gasteiger partial charge in [-0.05, 0) is 11.4 Å².